The first-order valence-electron chi connectivity index (χ1n) is 6.26. The summed E-state index contributed by atoms with van der Waals surface area (Å²) in [5.41, 5.74) is 0.285. The van der Waals surface area contributed by atoms with Gasteiger partial charge in [0.05, 0.1) is 25.8 Å². The van der Waals surface area contributed by atoms with Crippen LogP contribution in [0.2, 0.25) is 0 Å². The number of halogens is 1. The lowest BCUT2D eigenvalue weighted by molar-refractivity contribution is 0.0903. The Kier molecular flexibility index (Phi) is 4.50. The molecule has 0 radical (unpaired) electrons. The van der Waals surface area contributed by atoms with E-state index in [1.807, 2.05) is 11.9 Å². The van der Waals surface area contributed by atoms with E-state index in [4.69, 9.17) is 9.47 Å². The molecule has 0 N–H and O–H groups in total. The molecule has 0 spiro atoms. The van der Waals surface area contributed by atoms with Crippen molar-refractivity contribution in [2.75, 3.05) is 33.9 Å². The average Bonchev–Trinajstić information content (AvgIpc) is 2.92. The molecule has 0 aliphatic carbocycles. The molecule has 1 aliphatic rings. The molecular weight excluding hydrogens is 249 g/mol. The summed E-state index contributed by atoms with van der Waals surface area (Å²) in [6.07, 6.45) is 0.921. The lowest BCUT2D eigenvalue weighted by atomic mass is 10.1. The molecule has 0 aromatic heterocycles. The van der Waals surface area contributed by atoms with E-state index in [2.05, 4.69) is 0 Å². The summed E-state index contributed by atoms with van der Waals surface area (Å²) in [4.78, 5) is 14.2. The first-order chi connectivity index (χ1) is 9.11. The molecule has 5 heteroatoms. The lowest BCUT2D eigenvalue weighted by Crippen LogP contribution is -2.36. The van der Waals surface area contributed by atoms with E-state index in [9.17, 15) is 9.18 Å². The number of ether oxygens (including phenoxy) is 2. The van der Waals surface area contributed by atoms with Crippen LogP contribution >= 0.6 is 0 Å². The van der Waals surface area contributed by atoms with Gasteiger partial charge in [-0.1, -0.05) is 0 Å². The van der Waals surface area contributed by atoms with Crippen molar-refractivity contribution in [3.05, 3.63) is 29.6 Å². The van der Waals surface area contributed by atoms with Crippen molar-refractivity contribution in [1.82, 2.24) is 4.90 Å². The molecule has 1 unspecified atom stereocenters. The molecule has 0 amide bonds. The van der Waals surface area contributed by atoms with Gasteiger partial charge in [0.1, 0.15) is 11.6 Å². The standard InChI is InChI=1S/C14H18FNO3/c1-16(11-5-6-19-9-11)8-13(17)12-7-10(15)3-4-14(12)18-2/h3-4,7,11H,5-6,8-9H2,1-2H3. The van der Waals surface area contributed by atoms with Gasteiger partial charge in [0.2, 0.25) is 0 Å². The Labute approximate surface area is 112 Å². The van der Waals surface area contributed by atoms with E-state index in [1.54, 1.807) is 0 Å². The summed E-state index contributed by atoms with van der Waals surface area (Å²) in [5.74, 6) is -0.177. The minimum atomic E-state index is -0.434. The number of Topliss-reactive ketones (excluding diaryl/α,β-unsaturated/α-hetero) is 1. The zero-order chi connectivity index (χ0) is 13.8. The fourth-order valence-corrected chi connectivity index (χ4v) is 2.21. The predicted octanol–water partition coefficient (Wildman–Crippen LogP) is 1.74. The van der Waals surface area contributed by atoms with Crippen LogP contribution in [0.1, 0.15) is 16.8 Å². The Bertz CT molecular complexity index is 458. The van der Waals surface area contributed by atoms with Crippen LogP contribution in [0.4, 0.5) is 4.39 Å². The fourth-order valence-electron chi connectivity index (χ4n) is 2.21. The summed E-state index contributed by atoms with van der Waals surface area (Å²) in [7, 11) is 3.35. The zero-order valence-corrected chi connectivity index (χ0v) is 11.2. The zero-order valence-electron chi connectivity index (χ0n) is 11.2. The van der Waals surface area contributed by atoms with Gasteiger partial charge in [0.25, 0.3) is 0 Å². The number of hydrogen-bond donors (Lipinski definition) is 0. The third kappa shape index (κ3) is 3.30. The van der Waals surface area contributed by atoms with Crippen LogP contribution in [0.25, 0.3) is 0 Å². The van der Waals surface area contributed by atoms with Gasteiger partial charge in [0.15, 0.2) is 5.78 Å². The molecule has 19 heavy (non-hydrogen) atoms. The number of likely N-dealkylation sites (N-methyl/N-ethyl adjacent to an activating group) is 1. The molecule has 4 nitrogen and oxygen atoms in total. The Balaban J connectivity index is 2.08. The number of nitrogens with zero attached hydrogens (tertiary/aromatic N) is 1. The van der Waals surface area contributed by atoms with Gasteiger partial charge in [-0.2, -0.15) is 0 Å². The number of rotatable bonds is 5. The van der Waals surface area contributed by atoms with Crippen LogP contribution in [0.5, 0.6) is 5.75 Å². The molecule has 1 atom stereocenters. The second-order valence-corrected chi connectivity index (χ2v) is 4.70. The molecule has 2 rings (SSSR count). The van der Waals surface area contributed by atoms with E-state index in [-0.39, 0.29) is 23.9 Å². The van der Waals surface area contributed by atoms with E-state index in [1.165, 1.54) is 25.3 Å². The number of carbonyl (C=O) groups excluding carboxylic acids is 1. The first-order valence-corrected chi connectivity index (χ1v) is 6.26. The van der Waals surface area contributed by atoms with E-state index in [0.717, 1.165) is 13.0 Å². The van der Waals surface area contributed by atoms with Gasteiger partial charge in [-0.3, -0.25) is 9.69 Å². The maximum absolute atomic E-state index is 13.2. The normalized spacial score (nSPS) is 18.8. The molecule has 1 aromatic rings. The van der Waals surface area contributed by atoms with E-state index >= 15 is 0 Å². The third-order valence-electron chi connectivity index (χ3n) is 3.38. The first kappa shape index (κ1) is 14.0. The van der Waals surface area contributed by atoms with Crippen molar-refractivity contribution in [2.24, 2.45) is 0 Å². The van der Waals surface area contributed by atoms with Crippen molar-refractivity contribution in [3.8, 4) is 5.75 Å². The van der Waals surface area contributed by atoms with Crippen molar-refractivity contribution in [3.63, 3.8) is 0 Å². The van der Waals surface area contributed by atoms with Crippen LogP contribution < -0.4 is 4.74 Å². The number of methoxy groups -OCH3 is 1. The number of ketones is 1. The fraction of sp³-hybridized carbons (Fsp3) is 0.500. The second-order valence-electron chi connectivity index (χ2n) is 4.70. The third-order valence-corrected chi connectivity index (χ3v) is 3.38. The summed E-state index contributed by atoms with van der Waals surface area (Å²) >= 11 is 0. The number of hydrogen-bond acceptors (Lipinski definition) is 4. The number of benzene rings is 1. The summed E-state index contributed by atoms with van der Waals surface area (Å²) in [6.45, 7) is 1.60. The highest BCUT2D eigenvalue weighted by atomic mass is 19.1. The summed E-state index contributed by atoms with van der Waals surface area (Å²) in [5, 5.41) is 0. The van der Waals surface area contributed by atoms with Crippen LogP contribution in [-0.2, 0) is 4.74 Å². The molecule has 1 aromatic carbocycles. The van der Waals surface area contributed by atoms with Crippen molar-refractivity contribution in [2.45, 2.75) is 12.5 Å². The smallest absolute Gasteiger partial charge is 0.180 e. The molecule has 104 valence electrons. The van der Waals surface area contributed by atoms with Crippen LogP contribution in [0, 0.1) is 5.82 Å². The molecular formula is C14H18FNO3. The minimum Gasteiger partial charge on any atom is -0.496 e. The van der Waals surface area contributed by atoms with E-state index in [0.29, 0.717) is 12.4 Å². The Morgan fingerprint density at radius 1 is 1.58 bits per heavy atom. The maximum atomic E-state index is 13.2. The van der Waals surface area contributed by atoms with Crippen molar-refractivity contribution in [1.29, 1.82) is 0 Å². The molecule has 1 heterocycles. The van der Waals surface area contributed by atoms with Crippen LogP contribution in [-0.4, -0.2) is 50.6 Å². The highest BCUT2D eigenvalue weighted by molar-refractivity contribution is 6.00. The quantitative estimate of drug-likeness (QED) is 0.762. The SMILES string of the molecule is COc1ccc(F)cc1C(=O)CN(C)C1CCOC1. The van der Waals surface area contributed by atoms with Gasteiger partial charge in [-0.05, 0) is 31.7 Å². The Hall–Kier alpha value is -1.46. The minimum absolute atomic E-state index is 0.147. The topological polar surface area (TPSA) is 38.8 Å². The monoisotopic (exact) mass is 267 g/mol. The summed E-state index contributed by atoms with van der Waals surface area (Å²) < 4.78 is 23.6. The molecule has 0 saturated carbocycles. The van der Waals surface area contributed by atoms with Gasteiger partial charge < -0.3 is 9.47 Å². The van der Waals surface area contributed by atoms with Gasteiger partial charge in [-0.15, -0.1) is 0 Å². The number of carbonyl (C=O) groups is 1. The molecule has 1 saturated heterocycles. The van der Waals surface area contributed by atoms with Crippen molar-refractivity contribution < 1.29 is 18.7 Å². The molecule has 1 fully saturated rings. The molecule has 1 aliphatic heterocycles. The van der Waals surface area contributed by atoms with Gasteiger partial charge in [0, 0.05) is 12.6 Å². The summed E-state index contributed by atoms with van der Waals surface area (Å²) in [6, 6.07) is 4.23. The maximum Gasteiger partial charge on any atom is 0.180 e. The predicted molar refractivity (Wildman–Crippen MR) is 69.1 cm³/mol. The highest BCUT2D eigenvalue weighted by Gasteiger charge is 2.23. The Morgan fingerprint density at radius 3 is 3.00 bits per heavy atom. The molecule has 0 bridgehead atoms. The van der Waals surface area contributed by atoms with Gasteiger partial charge in [-0.25, -0.2) is 4.39 Å². The lowest BCUT2D eigenvalue weighted by Gasteiger charge is -2.22. The van der Waals surface area contributed by atoms with Crippen molar-refractivity contribution >= 4 is 5.78 Å². The Morgan fingerprint density at radius 2 is 2.37 bits per heavy atom. The van der Waals surface area contributed by atoms with Gasteiger partial charge >= 0.3 is 0 Å². The largest absolute Gasteiger partial charge is 0.496 e. The highest BCUT2D eigenvalue weighted by Crippen LogP contribution is 2.21. The second kappa shape index (κ2) is 6.12. The van der Waals surface area contributed by atoms with E-state index < -0.39 is 5.82 Å². The van der Waals surface area contributed by atoms with Crippen LogP contribution in [0.15, 0.2) is 18.2 Å². The average molecular weight is 267 g/mol. The van der Waals surface area contributed by atoms with Crippen LogP contribution in [0.3, 0.4) is 0 Å².